The molecule has 0 radical (unpaired) electrons. The van der Waals surface area contributed by atoms with E-state index >= 15 is 0 Å². The third-order valence-corrected chi connectivity index (χ3v) is 12.1. The van der Waals surface area contributed by atoms with Crippen molar-refractivity contribution < 1.29 is 9.53 Å². The second kappa shape index (κ2) is 8.27. The maximum Gasteiger partial charge on any atom is 0.340 e. The molecule has 1 aromatic heterocycles. The van der Waals surface area contributed by atoms with Crippen molar-refractivity contribution in [3.05, 3.63) is 71.9 Å². The summed E-state index contributed by atoms with van der Waals surface area (Å²) in [6.45, 7) is 16.0. The summed E-state index contributed by atoms with van der Waals surface area (Å²) in [5, 5.41) is 1.27. The number of esters is 1. The minimum absolute atomic E-state index is 0.0792. The van der Waals surface area contributed by atoms with E-state index in [1.807, 2.05) is 43.3 Å². The van der Waals surface area contributed by atoms with E-state index in [-0.39, 0.29) is 11.0 Å². The van der Waals surface area contributed by atoms with Crippen LogP contribution in [0.25, 0.3) is 16.9 Å². The van der Waals surface area contributed by atoms with E-state index in [1.54, 1.807) is 0 Å². The van der Waals surface area contributed by atoms with Crippen molar-refractivity contribution in [1.82, 2.24) is 4.57 Å². The Balaban J connectivity index is 2.50. The van der Waals surface area contributed by atoms with Crippen LogP contribution in [-0.2, 0) is 4.74 Å². The van der Waals surface area contributed by atoms with E-state index < -0.39 is 8.07 Å². The minimum Gasteiger partial charge on any atom is -0.462 e. The third kappa shape index (κ3) is 3.76. The third-order valence-electron chi connectivity index (χ3n) is 6.45. The van der Waals surface area contributed by atoms with Gasteiger partial charge in [-0.1, -0.05) is 82.4 Å². The lowest BCUT2D eigenvalue weighted by Gasteiger charge is -2.38. The predicted molar refractivity (Wildman–Crippen MR) is 129 cm³/mol. The average molecular weight is 420 g/mol. The molecular weight excluding hydrogens is 386 g/mol. The largest absolute Gasteiger partial charge is 0.462 e. The van der Waals surface area contributed by atoms with Crippen LogP contribution >= 0.6 is 0 Å². The molecular formula is C26H33NO2Si. The quantitative estimate of drug-likeness (QED) is 0.357. The fraction of sp³-hybridized carbons (Fsp3) is 0.346. The highest BCUT2D eigenvalue weighted by molar-refractivity contribution is 6.93. The molecule has 3 nitrogen and oxygen atoms in total. The van der Waals surface area contributed by atoms with Crippen molar-refractivity contribution >= 4 is 19.2 Å². The van der Waals surface area contributed by atoms with E-state index in [0.717, 1.165) is 28.2 Å². The van der Waals surface area contributed by atoms with Gasteiger partial charge in [-0.05, 0) is 41.8 Å². The molecule has 0 aliphatic carbocycles. The molecule has 0 amide bonds. The molecule has 0 fully saturated rings. The highest BCUT2D eigenvalue weighted by Crippen LogP contribution is 2.40. The second-order valence-electron chi connectivity index (χ2n) is 9.32. The van der Waals surface area contributed by atoms with E-state index in [0.29, 0.717) is 6.61 Å². The van der Waals surface area contributed by atoms with Gasteiger partial charge in [0.1, 0.15) is 0 Å². The zero-order valence-corrected chi connectivity index (χ0v) is 20.2. The summed E-state index contributed by atoms with van der Waals surface area (Å²) >= 11 is 0. The van der Waals surface area contributed by atoms with Gasteiger partial charge in [0, 0.05) is 11.4 Å². The summed E-state index contributed by atoms with van der Waals surface area (Å²) < 4.78 is 7.86. The normalized spacial score (nSPS) is 12.1. The number of carbonyl (C=O) groups is 1. The van der Waals surface area contributed by atoms with Gasteiger partial charge in [0.05, 0.1) is 25.9 Å². The Bertz CT molecular complexity index is 1030. The van der Waals surface area contributed by atoms with Crippen LogP contribution < -0.4 is 5.19 Å². The highest BCUT2D eigenvalue weighted by atomic mass is 28.3. The number of nitrogens with zero attached hydrogens (tertiary/aromatic N) is 1. The lowest BCUT2D eigenvalue weighted by molar-refractivity contribution is 0.0528. The molecule has 0 aliphatic rings. The topological polar surface area (TPSA) is 31.2 Å². The van der Waals surface area contributed by atoms with Gasteiger partial charge in [-0.2, -0.15) is 0 Å². The first kappa shape index (κ1) is 22.1. The molecule has 4 heteroatoms. The van der Waals surface area contributed by atoms with Gasteiger partial charge < -0.3 is 9.30 Å². The zero-order chi connectivity index (χ0) is 22.1. The molecule has 3 aromatic rings. The van der Waals surface area contributed by atoms with Crippen molar-refractivity contribution in [1.29, 1.82) is 0 Å². The number of hydrogen-bond donors (Lipinski definition) is 0. The van der Waals surface area contributed by atoms with Crippen LogP contribution in [0.2, 0.25) is 18.1 Å². The molecule has 0 atom stereocenters. The van der Waals surface area contributed by atoms with Crippen molar-refractivity contribution in [2.75, 3.05) is 6.61 Å². The number of hydrogen-bond acceptors (Lipinski definition) is 2. The van der Waals surface area contributed by atoms with Crippen LogP contribution in [0.15, 0.2) is 60.7 Å². The molecule has 30 heavy (non-hydrogen) atoms. The lowest BCUT2D eigenvalue weighted by atomic mass is 10.1. The summed E-state index contributed by atoms with van der Waals surface area (Å²) in [6, 6.07) is 20.5. The van der Waals surface area contributed by atoms with Crippen molar-refractivity contribution in [2.24, 2.45) is 0 Å². The van der Waals surface area contributed by atoms with Gasteiger partial charge in [-0.25, -0.2) is 4.79 Å². The number of rotatable bonds is 5. The van der Waals surface area contributed by atoms with Crippen LogP contribution in [0, 0.1) is 6.92 Å². The second-order valence-corrected chi connectivity index (χ2v) is 14.6. The molecule has 1 heterocycles. The molecule has 3 rings (SSSR count). The van der Waals surface area contributed by atoms with Gasteiger partial charge in [0.25, 0.3) is 0 Å². The van der Waals surface area contributed by atoms with E-state index in [9.17, 15) is 4.79 Å². The predicted octanol–water partition coefficient (Wildman–Crippen LogP) is 6.34. The molecule has 2 aromatic carbocycles. The number of benzene rings is 2. The molecule has 0 N–H and O–H groups in total. The van der Waals surface area contributed by atoms with Crippen LogP contribution in [0.5, 0.6) is 0 Å². The van der Waals surface area contributed by atoms with Crippen LogP contribution in [-0.4, -0.2) is 25.2 Å². The summed E-state index contributed by atoms with van der Waals surface area (Å²) in [6.07, 6.45) is 0. The fourth-order valence-corrected chi connectivity index (χ4v) is 6.61. The zero-order valence-electron chi connectivity index (χ0n) is 19.2. The maximum atomic E-state index is 13.4. The first-order valence-corrected chi connectivity index (χ1v) is 13.6. The van der Waals surface area contributed by atoms with Crippen molar-refractivity contribution in [3.63, 3.8) is 0 Å². The van der Waals surface area contributed by atoms with E-state index in [2.05, 4.69) is 69.6 Å². The number of ether oxygens (including phenoxy) is 1. The Morgan fingerprint density at radius 3 is 2.00 bits per heavy atom. The molecule has 158 valence electrons. The summed E-state index contributed by atoms with van der Waals surface area (Å²) in [7, 11) is -2.06. The highest BCUT2D eigenvalue weighted by Gasteiger charge is 2.44. The van der Waals surface area contributed by atoms with E-state index in [4.69, 9.17) is 4.74 Å². The van der Waals surface area contributed by atoms with Crippen molar-refractivity contribution in [2.45, 2.75) is 52.8 Å². The maximum absolute atomic E-state index is 13.4. The lowest BCUT2D eigenvalue weighted by Crippen LogP contribution is -2.52. The Labute approximate surface area is 181 Å². The van der Waals surface area contributed by atoms with E-state index in [1.165, 1.54) is 5.19 Å². The van der Waals surface area contributed by atoms with Gasteiger partial charge in [0.15, 0.2) is 0 Å². The standard InChI is InChI=1S/C26H33NO2Si/c1-8-29-25(28)22-23(20-15-11-9-12-16-20)27(21-17-13-10-14-18-21)19(2)24(22)30(6,7)26(3,4)5/h9-18H,8H2,1-7H3. The Morgan fingerprint density at radius 1 is 0.967 bits per heavy atom. The van der Waals surface area contributed by atoms with Crippen molar-refractivity contribution in [3.8, 4) is 16.9 Å². The van der Waals surface area contributed by atoms with Crippen LogP contribution in [0.1, 0.15) is 43.7 Å². The Morgan fingerprint density at radius 2 is 1.50 bits per heavy atom. The molecule has 0 aliphatic heterocycles. The number of aromatic nitrogens is 1. The molecule has 0 unspecified atom stereocenters. The average Bonchev–Trinajstić information content (AvgIpc) is 3.02. The monoisotopic (exact) mass is 419 g/mol. The molecule has 0 saturated heterocycles. The van der Waals surface area contributed by atoms with Crippen LogP contribution in [0.4, 0.5) is 0 Å². The Hall–Kier alpha value is -2.59. The minimum atomic E-state index is -2.06. The molecule has 0 saturated carbocycles. The van der Waals surface area contributed by atoms with Crippen LogP contribution in [0.3, 0.4) is 0 Å². The first-order chi connectivity index (χ1) is 14.1. The SMILES string of the molecule is CCOC(=O)c1c([Si](C)(C)C(C)(C)C)c(C)n(-c2ccccc2)c1-c1ccccc1. The number of para-hydroxylation sites is 1. The summed E-state index contributed by atoms with van der Waals surface area (Å²) in [5.74, 6) is -0.228. The van der Waals surface area contributed by atoms with Gasteiger partial charge in [-0.15, -0.1) is 0 Å². The summed E-state index contributed by atoms with van der Waals surface area (Å²) in [5.41, 5.74) is 4.88. The molecule has 0 bridgehead atoms. The summed E-state index contributed by atoms with van der Waals surface area (Å²) in [4.78, 5) is 13.4. The van der Waals surface area contributed by atoms with Gasteiger partial charge in [0.2, 0.25) is 0 Å². The smallest absolute Gasteiger partial charge is 0.340 e. The number of carbonyl (C=O) groups excluding carboxylic acids is 1. The van der Waals surface area contributed by atoms with Gasteiger partial charge >= 0.3 is 5.97 Å². The Kier molecular flexibility index (Phi) is 6.09. The fourth-order valence-electron chi connectivity index (χ4n) is 4.00. The first-order valence-electron chi connectivity index (χ1n) is 10.6. The molecule has 0 spiro atoms. The van der Waals surface area contributed by atoms with Gasteiger partial charge in [-0.3, -0.25) is 0 Å².